The quantitative estimate of drug-likeness (QED) is 0.0796. The van der Waals surface area contributed by atoms with E-state index in [-0.39, 0.29) is 23.9 Å². The fourth-order valence-electron chi connectivity index (χ4n) is 5.10. The van der Waals surface area contributed by atoms with Crippen LogP contribution in [0.2, 0.25) is 0 Å². The number of thiophene rings is 1. The molecule has 1 saturated heterocycles. The van der Waals surface area contributed by atoms with Gasteiger partial charge in [-0.25, -0.2) is 4.79 Å². The number of hydrazone groups is 1. The molecule has 2 aliphatic rings. The van der Waals surface area contributed by atoms with Gasteiger partial charge in [-0.2, -0.15) is 5.10 Å². The largest absolute Gasteiger partial charge is 0.448 e. The number of rotatable bonds is 10. The fourth-order valence-corrected chi connectivity index (χ4v) is 7.29. The van der Waals surface area contributed by atoms with E-state index in [4.69, 9.17) is 17.0 Å². The molecule has 1 aromatic heterocycles. The second-order valence-electron chi connectivity index (χ2n) is 10.3. The van der Waals surface area contributed by atoms with Crippen molar-refractivity contribution in [2.75, 3.05) is 5.75 Å². The van der Waals surface area contributed by atoms with Crippen LogP contribution in [0.25, 0.3) is 0 Å². The van der Waals surface area contributed by atoms with Crippen molar-refractivity contribution in [2.45, 2.75) is 23.9 Å². The van der Waals surface area contributed by atoms with Crippen molar-refractivity contribution in [2.24, 2.45) is 5.10 Å². The summed E-state index contributed by atoms with van der Waals surface area (Å²) < 4.78 is 6.18. The zero-order chi connectivity index (χ0) is 31.2. The zero-order valence-corrected chi connectivity index (χ0v) is 26.3. The molecule has 2 atom stereocenters. The average Bonchev–Trinajstić information content (AvgIpc) is 3.59. The van der Waals surface area contributed by atoms with E-state index >= 15 is 0 Å². The number of nitrogens with one attached hydrogen (secondary N) is 2. The van der Waals surface area contributed by atoms with E-state index < -0.39 is 23.5 Å². The minimum Gasteiger partial charge on any atom is -0.448 e. The Hall–Kier alpha value is -4.58. The number of carbonyl (C=O) groups excluding carboxylic acids is 3. The Morgan fingerprint density at radius 1 is 0.956 bits per heavy atom. The Morgan fingerprint density at radius 2 is 1.60 bits per heavy atom. The Bertz CT molecular complexity index is 1710. The Balaban J connectivity index is 1.27. The summed E-state index contributed by atoms with van der Waals surface area (Å²) in [4.78, 5) is 43.1. The number of hydrogen-bond donors (Lipinski definition) is 2. The summed E-state index contributed by atoms with van der Waals surface area (Å²) in [6, 6.07) is 31.3. The van der Waals surface area contributed by atoms with E-state index in [1.54, 1.807) is 0 Å². The molecule has 4 aromatic rings. The second-order valence-corrected chi connectivity index (χ2v) is 12.8. The molecule has 0 spiro atoms. The molecule has 8 nitrogen and oxygen atoms in total. The second kappa shape index (κ2) is 14.0. The number of carbonyl (C=O) groups is 3. The van der Waals surface area contributed by atoms with Gasteiger partial charge in [0.1, 0.15) is 22.1 Å². The minimum absolute atomic E-state index is 0.0977. The monoisotopic (exact) mass is 652 g/mol. The number of thioether (sulfide) groups is 1. The lowest BCUT2D eigenvalue weighted by Gasteiger charge is -2.49. The Morgan fingerprint density at radius 3 is 2.22 bits per heavy atom. The normalized spacial score (nSPS) is 17.5. The predicted molar refractivity (Wildman–Crippen MR) is 181 cm³/mol. The SMILES string of the molecule is O=C(Cc1cccs1)NC1C(=O)N2C(C(=O)OC(c3ccccc3)c3ccccc3)=C(/C=N/NC(=S)c3ccccc3)CS[C@H]12. The summed E-state index contributed by atoms with van der Waals surface area (Å²) in [6.45, 7) is 0. The molecule has 0 radical (unpaired) electrons. The van der Waals surface area contributed by atoms with Gasteiger partial charge in [-0.1, -0.05) is 109 Å². The summed E-state index contributed by atoms with van der Waals surface area (Å²) in [6.07, 6.45) is 0.982. The van der Waals surface area contributed by atoms with Crippen LogP contribution in [0.1, 0.15) is 27.7 Å². The highest BCUT2D eigenvalue weighted by atomic mass is 32.2. The van der Waals surface area contributed by atoms with Gasteiger partial charge in [0.25, 0.3) is 5.91 Å². The average molecular weight is 653 g/mol. The van der Waals surface area contributed by atoms with E-state index in [1.165, 1.54) is 34.2 Å². The molecule has 3 heterocycles. The lowest BCUT2D eigenvalue weighted by molar-refractivity contribution is -0.154. The van der Waals surface area contributed by atoms with Crippen LogP contribution in [-0.4, -0.2) is 51.1 Å². The topological polar surface area (TPSA) is 100 Å². The number of thiocarbonyl (C=S) groups is 1. The number of amides is 2. The predicted octanol–water partition coefficient (Wildman–Crippen LogP) is 5.23. The maximum atomic E-state index is 14.1. The van der Waals surface area contributed by atoms with Gasteiger partial charge in [0, 0.05) is 21.8 Å². The van der Waals surface area contributed by atoms with Crippen LogP contribution in [0.15, 0.2) is 125 Å². The summed E-state index contributed by atoms with van der Waals surface area (Å²) in [5.74, 6) is -0.931. The highest BCUT2D eigenvalue weighted by Gasteiger charge is 2.54. The number of ether oxygens (including phenoxy) is 1. The number of benzene rings is 3. The first-order valence-electron chi connectivity index (χ1n) is 14.2. The zero-order valence-electron chi connectivity index (χ0n) is 23.9. The van der Waals surface area contributed by atoms with E-state index in [9.17, 15) is 14.4 Å². The maximum absolute atomic E-state index is 14.1. The standard InChI is InChI=1S/C34H28N4O4S3/c39-27(19-26-17-10-18-44-26)36-28-32(40)38-29(25(21-45-33(28)38)20-35-37-31(43)24-15-8-3-9-16-24)34(41)42-30(22-11-4-1-5-12-22)23-13-6-2-7-14-23/h1-18,20,28,30,33H,19,21H2,(H,36,39)(H,37,43)/b35-20+/t28?,33-/m1/s1. The number of hydrogen-bond acceptors (Lipinski definition) is 8. The van der Waals surface area contributed by atoms with E-state index in [0.29, 0.717) is 16.3 Å². The number of esters is 1. The molecule has 1 fully saturated rings. The molecule has 45 heavy (non-hydrogen) atoms. The van der Waals surface area contributed by atoms with Crippen LogP contribution in [0.4, 0.5) is 0 Å². The number of β-lactam (4-membered cyclic amide) rings is 1. The molecule has 11 heteroatoms. The summed E-state index contributed by atoms with van der Waals surface area (Å²) in [7, 11) is 0. The smallest absolute Gasteiger partial charge is 0.356 e. The Kier molecular flexibility index (Phi) is 9.49. The highest BCUT2D eigenvalue weighted by Crippen LogP contribution is 2.41. The van der Waals surface area contributed by atoms with Gasteiger partial charge in [0.2, 0.25) is 5.91 Å². The molecular formula is C34H28N4O4S3. The Labute approximate surface area is 274 Å². The van der Waals surface area contributed by atoms with Crippen LogP contribution in [-0.2, 0) is 25.5 Å². The third-order valence-electron chi connectivity index (χ3n) is 7.27. The summed E-state index contributed by atoms with van der Waals surface area (Å²) >= 11 is 8.39. The summed E-state index contributed by atoms with van der Waals surface area (Å²) in [5, 5.41) is 8.62. The van der Waals surface area contributed by atoms with E-state index in [1.807, 2.05) is 109 Å². The molecule has 6 rings (SSSR count). The van der Waals surface area contributed by atoms with Gasteiger partial charge < -0.3 is 10.1 Å². The van der Waals surface area contributed by atoms with Gasteiger partial charge in [0.15, 0.2) is 6.10 Å². The lowest BCUT2D eigenvalue weighted by atomic mass is 10.0. The minimum atomic E-state index is -0.758. The van der Waals surface area contributed by atoms with Crippen molar-refractivity contribution >= 4 is 64.3 Å². The summed E-state index contributed by atoms with van der Waals surface area (Å²) in [5.41, 5.74) is 5.83. The van der Waals surface area contributed by atoms with Crippen molar-refractivity contribution in [1.82, 2.24) is 15.6 Å². The van der Waals surface area contributed by atoms with Crippen molar-refractivity contribution in [3.05, 3.63) is 141 Å². The third-order valence-corrected chi connectivity index (χ3v) is 9.78. The molecule has 0 saturated carbocycles. The van der Waals surface area contributed by atoms with E-state index in [2.05, 4.69) is 15.8 Å². The van der Waals surface area contributed by atoms with Gasteiger partial charge in [0.05, 0.1) is 12.6 Å². The molecule has 0 bridgehead atoms. The third kappa shape index (κ3) is 6.90. The first-order chi connectivity index (χ1) is 22.0. The van der Waals surface area contributed by atoms with Gasteiger partial charge >= 0.3 is 5.97 Å². The lowest BCUT2D eigenvalue weighted by Crippen LogP contribution is -2.70. The van der Waals surface area contributed by atoms with Crippen LogP contribution in [0.5, 0.6) is 0 Å². The first-order valence-corrected chi connectivity index (χ1v) is 16.5. The van der Waals surface area contributed by atoms with Crippen LogP contribution < -0.4 is 10.7 Å². The van der Waals surface area contributed by atoms with Gasteiger partial charge in [-0.05, 0) is 22.6 Å². The molecule has 2 N–H and O–H groups in total. The molecule has 0 aliphatic carbocycles. The maximum Gasteiger partial charge on any atom is 0.356 e. The van der Waals surface area contributed by atoms with Crippen LogP contribution in [0.3, 0.4) is 0 Å². The molecule has 1 unspecified atom stereocenters. The molecular weight excluding hydrogens is 625 g/mol. The van der Waals surface area contributed by atoms with Gasteiger partial charge in [-0.3, -0.25) is 19.9 Å². The van der Waals surface area contributed by atoms with Crippen molar-refractivity contribution in [1.29, 1.82) is 0 Å². The van der Waals surface area contributed by atoms with Crippen molar-refractivity contribution < 1.29 is 19.1 Å². The molecule has 2 amide bonds. The first kappa shape index (κ1) is 30.4. The van der Waals surface area contributed by atoms with Crippen LogP contribution in [0, 0.1) is 0 Å². The van der Waals surface area contributed by atoms with Crippen LogP contribution >= 0.6 is 35.3 Å². The number of nitrogens with zero attached hydrogens (tertiary/aromatic N) is 2. The fraction of sp³-hybridized carbons (Fsp3) is 0.147. The highest BCUT2D eigenvalue weighted by molar-refractivity contribution is 8.00. The molecule has 226 valence electrons. The van der Waals surface area contributed by atoms with Gasteiger partial charge in [-0.15, -0.1) is 23.1 Å². The van der Waals surface area contributed by atoms with Crippen molar-refractivity contribution in [3.63, 3.8) is 0 Å². The number of fused-ring (bicyclic) bond motifs is 1. The molecule has 3 aromatic carbocycles. The van der Waals surface area contributed by atoms with Crippen molar-refractivity contribution in [3.8, 4) is 0 Å². The van der Waals surface area contributed by atoms with E-state index in [0.717, 1.165) is 21.6 Å². The molecule has 2 aliphatic heterocycles.